The molecule has 0 radical (unpaired) electrons. The smallest absolute Gasteiger partial charge is 0.119 e. The summed E-state index contributed by atoms with van der Waals surface area (Å²) in [5, 5.41) is 0. The molecule has 1 aliphatic rings. The molecule has 0 aromatic heterocycles. The van der Waals surface area contributed by atoms with Crippen LogP contribution in [0.15, 0.2) is 24.3 Å². The molecule has 1 saturated heterocycles. The van der Waals surface area contributed by atoms with Gasteiger partial charge in [0.05, 0.1) is 13.2 Å². The number of piperidine rings is 1. The van der Waals surface area contributed by atoms with Crippen LogP contribution in [0.2, 0.25) is 0 Å². The lowest BCUT2D eigenvalue weighted by molar-refractivity contribution is 0.106. The molecule has 0 bridgehead atoms. The second-order valence-electron chi connectivity index (χ2n) is 5.23. The first kappa shape index (κ1) is 15.3. The third-order valence-corrected chi connectivity index (χ3v) is 3.51. The van der Waals surface area contributed by atoms with Gasteiger partial charge in [-0.1, -0.05) is 18.6 Å². The van der Waals surface area contributed by atoms with Gasteiger partial charge >= 0.3 is 0 Å². The van der Waals surface area contributed by atoms with Crippen LogP contribution in [0.3, 0.4) is 0 Å². The third kappa shape index (κ3) is 5.49. The summed E-state index contributed by atoms with van der Waals surface area (Å²) < 4.78 is 11.0. The minimum absolute atomic E-state index is 0.561. The lowest BCUT2D eigenvalue weighted by Gasteiger charge is -2.26. The molecular weight excluding hydrogens is 252 g/mol. The molecule has 1 aliphatic heterocycles. The molecule has 1 heterocycles. The molecule has 20 heavy (non-hydrogen) atoms. The molecule has 2 N–H and O–H groups in total. The number of rotatable bonds is 8. The van der Waals surface area contributed by atoms with E-state index in [1.807, 2.05) is 6.07 Å². The average Bonchev–Trinajstić information content (AvgIpc) is 2.48. The summed E-state index contributed by atoms with van der Waals surface area (Å²) in [7, 11) is 0. The molecular formula is C16H26N2O2. The van der Waals surface area contributed by atoms with Crippen LogP contribution >= 0.6 is 0 Å². The Morgan fingerprint density at radius 3 is 2.70 bits per heavy atom. The Bertz CT molecular complexity index is 378. The first-order valence-electron chi connectivity index (χ1n) is 7.60. The molecule has 0 aliphatic carbocycles. The van der Waals surface area contributed by atoms with E-state index in [4.69, 9.17) is 15.2 Å². The van der Waals surface area contributed by atoms with Crippen LogP contribution in [0, 0.1) is 0 Å². The monoisotopic (exact) mass is 278 g/mol. The van der Waals surface area contributed by atoms with Crippen molar-refractivity contribution < 1.29 is 9.47 Å². The van der Waals surface area contributed by atoms with E-state index >= 15 is 0 Å². The normalized spacial score (nSPS) is 16.2. The number of likely N-dealkylation sites (tertiary alicyclic amines) is 1. The predicted molar refractivity (Wildman–Crippen MR) is 80.9 cm³/mol. The van der Waals surface area contributed by atoms with Crippen molar-refractivity contribution in [3.8, 4) is 5.75 Å². The van der Waals surface area contributed by atoms with Gasteiger partial charge in [0.2, 0.25) is 0 Å². The highest BCUT2D eigenvalue weighted by atomic mass is 16.5. The van der Waals surface area contributed by atoms with Crippen molar-refractivity contribution in [1.29, 1.82) is 0 Å². The standard InChI is InChI=1S/C16H26N2O2/c17-7-10-19-11-12-20-16-6-4-5-15(13-16)14-18-8-2-1-3-9-18/h4-6,13H,1-3,7-12,14,17H2. The summed E-state index contributed by atoms with van der Waals surface area (Å²) in [5.41, 5.74) is 6.69. The van der Waals surface area contributed by atoms with E-state index in [2.05, 4.69) is 23.1 Å². The van der Waals surface area contributed by atoms with Gasteiger partial charge in [-0.15, -0.1) is 0 Å². The highest BCUT2D eigenvalue weighted by molar-refractivity contribution is 5.28. The lowest BCUT2D eigenvalue weighted by atomic mass is 10.1. The zero-order valence-corrected chi connectivity index (χ0v) is 12.2. The van der Waals surface area contributed by atoms with Gasteiger partial charge < -0.3 is 15.2 Å². The maximum atomic E-state index is 5.70. The fourth-order valence-corrected chi connectivity index (χ4v) is 2.51. The summed E-state index contributed by atoms with van der Waals surface area (Å²) in [5.74, 6) is 0.927. The highest BCUT2D eigenvalue weighted by Gasteiger charge is 2.10. The molecule has 4 heteroatoms. The summed E-state index contributed by atoms with van der Waals surface area (Å²) in [4.78, 5) is 2.52. The first-order chi connectivity index (χ1) is 9.88. The van der Waals surface area contributed by atoms with E-state index in [1.54, 1.807) is 0 Å². The predicted octanol–water partition coefficient (Wildman–Crippen LogP) is 2.03. The van der Waals surface area contributed by atoms with Crippen molar-refractivity contribution in [2.24, 2.45) is 5.73 Å². The van der Waals surface area contributed by atoms with Crippen LogP contribution in [0.25, 0.3) is 0 Å². The minimum Gasteiger partial charge on any atom is -0.491 e. The van der Waals surface area contributed by atoms with Gasteiger partial charge in [0.1, 0.15) is 12.4 Å². The maximum Gasteiger partial charge on any atom is 0.119 e. The van der Waals surface area contributed by atoms with Gasteiger partial charge in [-0.05, 0) is 43.6 Å². The zero-order chi connectivity index (χ0) is 14.0. The topological polar surface area (TPSA) is 47.7 Å². The summed E-state index contributed by atoms with van der Waals surface area (Å²) in [6.07, 6.45) is 4.03. The Labute approximate surface area is 121 Å². The summed E-state index contributed by atoms with van der Waals surface area (Å²) >= 11 is 0. The minimum atomic E-state index is 0.561. The molecule has 1 aromatic carbocycles. The molecule has 1 aromatic rings. The number of benzene rings is 1. The number of hydrogen-bond donors (Lipinski definition) is 1. The Kier molecular flexibility index (Phi) is 6.84. The summed E-state index contributed by atoms with van der Waals surface area (Å²) in [6, 6.07) is 8.38. The van der Waals surface area contributed by atoms with Crippen molar-refractivity contribution in [1.82, 2.24) is 4.90 Å². The second kappa shape index (κ2) is 8.95. The Hall–Kier alpha value is -1.10. The highest BCUT2D eigenvalue weighted by Crippen LogP contribution is 2.17. The molecule has 0 atom stereocenters. The van der Waals surface area contributed by atoms with Crippen molar-refractivity contribution in [2.45, 2.75) is 25.8 Å². The van der Waals surface area contributed by atoms with Gasteiger partial charge in [0, 0.05) is 13.1 Å². The number of ether oxygens (including phenoxy) is 2. The number of nitrogens with two attached hydrogens (primary N) is 1. The van der Waals surface area contributed by atoms with Crippen LogP contribution in [-0.4, -0.2) is 44.4 Å². The second-order valence-corrected chi connectivity index (χ2v) is 5.23. The van der Waals surface area contributed by atoms with Crippen molar-refractivity contribution in [3.05, 3.63) is 29.8 Å². The van der Waals surface area contributed by atoms with Crippen molar-refractivity contribution in [3.63, 3.8) is 0 Å². The number of nitrogens with zero attached hydrogens (tertiary/aromatic N) is 1. The molecule has 0 unspecified atom stereocenters. The Balaban J connectivity index is 1.75. The largest absolute Gasteiger partial charge is 0.491 e. The van der Waals surface area contributed by atoms with Gasteiger partial charge in [0.15, 0.2) is 0 Å². The van der Waals surface area contributed by atoms with Crippen LogP contribution in [-0.2, 0) is 11.3 Å². The Morgan fingerprint density at radius 1 is 1.05 bits per heavy atom. The van der Waals surface area contributed by atoms with E-state index in [9.17, 15) is 0 Å². The van der Waals surface area contributed by atoms with Gasteiger partial charge in [-0.2, -0.15) is 0 Å². The van der Waals surface area contributed by atoms with Crippen molar-refractivity contribution >= 4 is 0 Å². The maximum absolute atomic E-state index is 5.70. The average molecular weight is 278 g/mol. The summed E-state index contributed by atoms with van der Waals surface area (Å²) in [6.45, 7) is 5.79. The zero-order valence-electron chi connectivity index (χ0n) is 12.2. The quantitative estimate of drug-likeness (QED) is 0.739. The van der Waals surface area contributed by atoms with E-state index in [0.29, 0.717) is 26.4 Å². The van der Waals surface area contributed by atoms with Crippen LogP contribution in [0.1, 0.15) is 24.8 Å². The van der Waals surface area contributed by atoms with Crippen LogP contribution in [0.4, 0.5) is 0 Å². The molecule has 1 fully saturated rings. The molecule has 2 rings (SSSR count). The van der Waals surface area contributed by atoms with E-state index in [-0.39, 0.29) is 0 Å². The van der Waals surface area contributed by atoms with E-state index in [1.165, 1.54) is 37.9 Å². The van der Waals surface area contributed by atoms with Gasteiger partial charge in [-0.25, -0.2) is 0 Å². The van der Waals surface area contributed by atoms with Gasteiger partial charge in [-0.3, -0.25) is 4.90 Å². The SMILES string of the molecule is NCCOCCOc1cccc(CN2CCCCC2)c1. The lowest BCUT2D eigenvalue weighted by Crippen LogP contribution is -2.29. The molecule has 0 saturated carbocycles. The fourth-order valence-electron chi connectivity index (χ4n) is 2.51. The van der Waals surface area contributed by atoms with Crippen LogP contribution < -0.4 is 10.5 Å². The molecule has 0 spiro atoms. The molecule has 112 valence electrons. The van der Waals surface area contributed by atoms with Crippen LogP contribution in [0.5, 0.6) is 5.75 Å². The third-order valence-electron chi connectivity index (χ3n) is 3.51. The number of hydrogen-bond acceptors (Lipinski definition) is 4. The van der Waals surface area contributed by atoms with E-state index < -0.39 is 0 Å². The van der Waals surface area contributed by atoms with E-state index in [0.717, 1.165) is 12.3 Å². The first-order valence-corrected chi connectivity index (χ1v) is 7.60. The molecule has 0 amide bonds. The van der Waals surface area contributed by atoms with Gasteiger partial charge in [0.25, 0.3) is 0 Å². The Morgan fingerprint density at radius 2 is 1.90 bits per heavy atom. The molecule has 4 nitrogen and oxygen atoms in total. The van der Waals surface area contributed by atoms with Crippen molar-refractivity contribution in [2.75, 3.05) is 39.5 Å². The fraction of sp³-hybridized carbons (Fsp3) is 0.625.